The van der Waals surface area contributed by atoms with Gasteiger partial charge < -0.3 is 5.32 Å². The highest BCUT2D eigenvalue weighted by Gasteiger charge is 2.09. The monoisotopic (exact) mass is 374 g/mol. The van der Waals surface area contributed by atoms with E-state index in [2.05, 4.69) is 15.4 Å². The van der Waals surface area contributed by atoms with Gasteiger partial charge in [0.25, 0.3) is 5.56 Å². The molecule has 3 aromatic rings. The first-order chi connectivity index (χ1) is 12.0. The fourth-order valence-corrected chi connectivity index (χ4v) is 2.44. The van der Waals surface area contributed by atoms with Crippen LogP contribution in [0.2, 0.25) is 10.0 Å². The van der Waals surface area contributed by atoms with Crippen LogP contribution in [-0.2, 0) is 11.3 Å². The van der Waals surface area contributed by atoms with Crippen LogP contribution < -0.4 is 10.9 Å². The highest BCUT2D eigenvalue weighted by Crippen LogP contribution is 2.24. The van der Waals surface area contributed by atoms with E-state index >= 15 is 0 Å². The van der Waals surface area contributed by atoms with Crippen molar-refractivity contribution in [3.63, 3.8) is 0 Å². The second kappa shape index (κ2) is 7.46. The van der Waals surface area contributed by atoms with Crippen LogP contribution in [0.4, 0.5) is 5.69 Å². The number of pyridine rings is 1. The molecule has 1 amide bonds. The smallest absolute Gasteiger partial charge is 0.267 e. The Morgan fingerprint density at radius 3 is 2.68 bits per heavy atom. The molecule has 1 aromatic carbocycles. The Kier molecular flexibility index (Phi) is 5.11. The molecule has 2 aromatic heterocycles. The minimum absolute atomic E-state index is 0.229. The second-order valence-corrected chi connectivity index (χ2v) is 5.95. The summed E-state index contributed by atoms with van der Waals surface area (Å²) in [6.07, 6.45) is 3.27. The van der Waals surface area contributed by atoms with Crippen LogP contribution in [0.5, 0.6) is 0 Å². The van der Waals surface area contributed by atoms with E-state index < -0.39 is 5.91 Å². The summed E-state index contributed by atoms with van der Waals surface area (Å²) in [6.45, 7) is -0.229. The molecular weight excluding hydrogens is 363 g/mol. The molecule has 0 radical (unpaired) electrons. The first-order valence-electron chi connectivity index (χ1n) is 7.26. The van der Waals surface area contributed by atoms with Gasteiger partial charge >= 0.3 is 0 Å². The normalized spacial score (nSPS) is 10.5. The van der Waals surface area contributed by atoms with E-state index in [9.17, 15) is 9.59 Å². The van der Waals surface area contributed by atoms with Crippen molar-refractivity contribution >= 4 is 34.8 Å². The number of nitrogens with zero attached hydrogens (tertiary/aromatic N) is 3. The summed E-state index contributed by atoms with van der Waals surface area (Å²) in [5.41, 5.74) is 1.41. The summed E-state index contributed by atoms with van der Waals surface area (Å²) in [5, 5.41) is 7.58. The first-order valence-corrected chi connectivity index (χ1v) is 8.02. The van der Waals surface area contributed by atoms with Gasteiger partial charge in [0.05, 0.1) is 15.7 Å². The molecule has 0 aliphatic heterocycles. The molecule has 8 heteroatoms. The summed E-state index contributed by atoms with van der Waals surface area (Å²) in [4.78, 5) is 28.1. The maximum Gasteiger partial charge on any atom is 0.267 e. The third kappa shape index (κ3) is 4.23. The number of nitrogens with one attached hydrogen (secondary N) is 1. The SMILES string of the molecule is O=C(Cn1nc(-c2cccnc2)ccc1=O)Nc1ccc(Cl)c(Cl)c1. The number of carbonyl (C=O) groups is 1. The molecular formula is C17H12Cl2N4O2. The number of hydrogen-bond acceptors (Lipinski definition) is 4. The van der Waals surface area contributed by atoms with Gasteiger partial charge in [-0.15, -0.1) is 0 Å². The number of hydrogen-bond donors (Lipinski definition) is 1. The summed E-state index contributed by atoms with van der Waals surface area (Å²) in [5.74, 6) is -0.406. The summed E-state index contributed by atoms with van der Waals surface area (Å²) < 4.78 is 1.09. The fraction of sp³-hybridized carbons (Fsp3) is 0.0588. The Morgan fingerprint density at radius 2 is 1.96 bits per heavy atom. The maximum atomic E-state index is 12.2. The van der Waals surface area contributed by atoms with Gasteiger partial charge in [0.2, 0.25) is 5.91 Å². The van der Waals surface area contributed by atoms with Crippen LogP contribution in [-0.4, -0.2) is 20.7 Å². The van der Waals surface area contributed by atoms with E-state index in [0.29, 0.717) is 21.4 Å². The summed E-state index contributed by atoms with van der Waals surface area (Å²) in [6, 6.07) is 11.3. The van der Waals surface area contributed by atoms with Gasteiger partial charge in [-0.05, 0) is 36.4 Å². The predicted octanol–water partition coefficient (Wildman–Crippen LogP) is 3.25. The Balaban J connectivity index is 1.79. The Labute approximate surface area is 153 Å². The topological polar surface area (TPSA) is 76.9 Å². The second-order valence-electron chi connectivity index (χ2n) is 5.13. The molecule has 25 heavy (non-hydrogen) atoms. The van der Waals surface area contributed by atoms with Gasteiger partial charge in [-0.3, -0.25) is 14.6 Å². The van der Waals surface area contributed by atoms with E-state index in [0.717, 1.165) is 10.2 Å². The van der Waals surface area contributed by atoms with Crippen molar-refractivity contribution in [3.8, 4) is 11.3 Å². The van der Waals surface area contributed by atoms with Crippen molar-refractivity contribution < 1.29 is 4.79 Å². The molecule has 2 heterocycles. The standard InChI is InChI=1S/C17H12Cl2N4O2/c18-13-4-3-12(8-14(13)19)21-16(24)10-23-17(25)6-5-15(22-23)11-2-1-7-20-9-11/h1-9H,10H2,(H,21,24). The van der Waals surface area contributed by atoms with Crippen molar-refractivity contribution in [2.24, 2.45) is 0 Å². The zero-order chi connectivity index (χ0) is 17.8. The molecule has 0 spiro atoms. The van der Waals surface area contributed by atoms with Crippen LogP contribution >= 0.6 is 23.2 Å². The molecule has 0 bridgehead atoms. The van der Waals surface area contributed by atoms with Crippen LogP contribution in [0.15, 0.2) is 59.7 Å². The number of carbonyl (C=O) groups excluding carboxylic acids is 1. The lowest BCUT2D eigenvalue weighted by molar-refractivity contribution is -0.117. The van der Waals surface area contributed by atoms with E-state index in [4.69, 9.17) is 23.2 Å². The highest BCUT2D eigenvalue weighted by atomic mass is 35.5. The van der Waals surface area contributed by atoms with Crippen molar-refractivity contribution in [1.29, 1.82) is 0 Å². The van der Waals surface area contributed by atoms with Gasteiger partial charge in [-0.2, -0.15) is 5.10 Å². The molecule has 1 N–H and O–H groups in total. The van der Waals surface area contributed by atoms with Crippen molar-refractivity contribution in [2.75, 3.05) is 5.32 Å². The fourth-order valence-electron chi connectivity index (χ4n) is 2.14. The van der Waals surface area contributed by atoms with Crippen LogP contribution in [0.1, 0.15) is 0 Å². The lowest BCUT2D eigenvalue weighted by Crippen LogP contribution is -2.29. The Morgan fingerprint density at radius 1 is 1.12 bits per heavy atom. The lowest BCUT2D eigenvalue weighted by atomic mass is 10.2. The number of aromatic nitrogens is 3. The van der Waals surface area contributed by atoms with Gasteiger partial charge in [-0.1, -0.05) is 23.2 Å². The number of amides is 1. The minimum Gasteiger partial charge on any atom is -0.324 e. The molecule has 3 rings (SSSR count). The van der Waals surface area contributed by atoms with Crippen molar-refractivity contribution in [3.05, 3.63) is 75.3 Å². The zero-order valence-electron chi connectivity index (χ0n) is 12.8. The minimum atomic E-state index is -0.406. The first kappa shape index (κ1) is 17.1. The van der Waals surface area contributed by atoms with Gasteiger partial charge in [0.1, 0.15) is 6.54 Å². The zero-order valence-corrected chi connectivity index (χ0v) is 14.3. The predicted molar refractivity (Wildman–Crippen MR) is 96.8 cm³/mol. The third-order valence-electron chi connectivity index (χ3n) is 3.32. The van der Waals surface area contributed by atoms with Crippen LogP contribution in [0.3, 0.4) is 0 Å². The number of rotatable bonds is 4. The molecule has 0 aliphatic rings. The van der Waals surface area contributed by atoms with Gasteiger partial charge in [-0.25, -0.2) is 4.68 Å². The molecule has 0 saturated heterocycles. The largest absolute Gasteiger partial charge is 0.324 e. The van der Waals surface area contributed by atoms with Gasteiger partial charge in [0, 0.05) is 29.7 Å². The quantitative estimate of drug-likeness (QED) is 0.760. The molecule has 6 nitrogen and oxygen atoms in total. The Bertz CT molecular complexity index is 974. The molecule has 0 fully saturated rings. The van der Waals surface area contributed by atoms with E-state index in [1.54, 1.807) is 36.7 Å². The number of halogens is 2. The van der Waals surface area contributed by atoms with Crippen LogP contribution in [0, 0.1) is 0 Å². The van der Waals surface area contributed by atoms with Gasteiger partial charge in [0.15, 0.2) is 0 Å². The average Bonchev–Trinajstić information content (AvgIpc) is 2.61. The molecule has 0 aliphatic carbocycles. The molecule has 0 saturated carbocycles. The summed E-state index contributed by atoms with van der Waals surface area (Å²) in [7, 11) is 0. The van der Waals surface area contributed by atoms with Crippen molar-refractivity contribution in [1.82, 2.24) is 14.8 Å². The highest BCUT2D eigenvalue weighted by molar-refractivity contribution is 6.42. The van der Waals surface area contributed by atoms with Crippen LogP contribution in [0.25, 0.3) is 11.3 Å². The number of anilines is 1. The van der Waals surface area contributed by atoms with E-state index in [1.165, 1.54) is 12.1 Å². The summed E-state index contributed by atoms with van der Waals surface area (Å²) >= 11 is 11.8. The van der Waals surface area contributed by atoms with E-state index in [1.807, 2.05) is 6.07 Å². The molecule has 126 valence electrons. The third-order valence-corrected chi connectivity index (χ3v) is 4.06. The Hall–Kier alpha value is -2.70. The lowest BCUT2D eigenvalue weighted by Gasteiger charge is -2.09. The van der Waals surface area contributed by atoms with Crippen molar-refractivity contribution in [2.45, 2.75) is 6.54 Å². The van der Waals surface area contributed by atoms with E-state index in [-0.39, 0.29) is 12.1 Å². The number of benzene rings is 1. The molecule has 0 atom stereocenters. The maximum absolute atomic E-state index is 12.2. The molecule has 0 unspecified atom stereocenters. The average molecular weight is 375 g/mol.